The lowest BCUT2D eigenvalue weighted by Gasteiger charge is -2.08. The Morgan fingerprint density at radius 3 is 2.32 bits per heavy atom. The Bertz CT molecular complexity index is 807. The van der Waals surface area contributed by atoms with Gasteiger partial charge in [0.25, 0.3) is 5.69 Å². The summed E-state index contributed by atoms with van der Waals surface area (Å²) in [4.78, 5) is 33.5. The first-order chi connectivity index (χ1) is 11.9. The number of nitro groups is 1. The molecule has 0 aliphatic rings. The van der Waals surface area contributed by atoms with Gasteiger partial charge in [-0.1, -0.05) is 23.2 Å². The number of ether oxygens (including phenoxy) is 2. The Morgan fingerprint density at radius 2 is 1.72 bits per heavy atom. The molecule has 0 aliphatic carbocycles. The van der Waals surface area contributed by atoms with Gasteiger partial charge >= 0.3 is 5.97 Å². The zero-order chi connectivity index (χ0) is 18.4. The summed E-state index contributed by atoms with van der Waals surface area (Å²) in [6.07, 6.45) is 0. The molecule has 0 heterocycles. The third-order valence-corrected chi connectivity index (χ3v) is 3.53. The summed E-state index contributed by atoms with van der Waals surface area (Å²) in [6.45, 7) is -0.941. The average molecular weight is 384 g/mol. The van der Waals surface area contributed by atoms with Crippen LogP contribution in [-0.4, -0.2) is 29.9 Å². The predicted octanol–water partition coefficient (Wildman–Crippen LogP) is 3.71. The van der Waals surface area contributed by atoms with Crippen LogP contribution in [0.1, 0.15) is 10.4 Å². The topological polar surface area (TPSA) is 95.7 Å². The van der Waals surface area contributed by atoms with Gasteiger partial charge in [0.15, 0.2) is 19.0 Å². The first-order valence-electron chi connectivity index (χ1n) is 6.88. The Balaban J connectivity index is 1.82. The molecule has 0 N–H and O–H groups in total. The van der Waals surface area contributed by atoms with E-state index in [2.05, 4.69) is 0 Å². The minimum absolute atomic E-state index is 0.137. The Kier molecular flexibility index (Phi) is 6.32. The number of nitrogens with zero attached hydrogens (tertiary/aromatic N) is 1. The van der Waals surface area contributed by atoms with Crippen LogP contribution in [0.25, 0.3) is 0 Å². The number of esters is 1. The van der Waals surface area contributed by atoms with Gasteiger partial charge in [-0.05, 0) is 30.3 Å². The molecule has 9 heteroatoms. The van der Waals surface area contributed by atoms with Gasteiger partial charge in [-0.25, -0.2) is 4.79 Å². The standard InChI is InChI=1S/C16H11Cl2NO6/c17-11-3-6-15(13(18)7-11)24-9-16(21)25-8-14(20)10-1-4-12(5-2-10)19(22)23/h1-7H,8-9H2. The van der Waals surface area contributed by atoms with Crippen molar-refractivity contribution in [3.63, 3.8) is 0 Å². The fourth-order valence-electron chi connectivity index (χ4n) is 1.77. The van der Waals surface area contributed by atoms with Crippen molar-refractivity contribution in [3.8, 4) is 5.75 Å². The highest BCUT2D eigenvalue weighted by molar-refractivity contribution is 6.35. The second kappa shape index (κ2) is 8.46. The molecule has 0 bridgehead atoms. The summed E-state index contributed by atoms with van der Waals surface area (Å²) < 4.78 is 9.99. The average Bonchev–Trinajstić information content (AvgIpc) is 2.59. The number of hydrogen-bond acceptors (Lipinski definition) is 6. The van der Waals surface area contributed by atoms with Gasteiger partial charge in [0.05, 0.1) is 9.95 Å². The van der Waals surface area contributed by atoms with Crippen molar-refractivity contribution in [1.29, 1.82) is 0 Å². The first kappa shape index (κ1) is 18.7. The Morgan fingerprint density at radius 1 is 1.04 bits per heavy atom. The van der Waals surface area contributed by atoms with E-state index in [9.17, 15) is 19.7 Å². The summed E-state index contributed by atoms with van der Waals surface area (Å²) in [7, 11) is 0. The summed E-state index contributed by atoms with van der Waals surface area (Å²) in [5, 5.41) is 11.2. The fraction of sp³-hybridized carbons (Fsp3) is 0.125. The van der Waals surface area contributed by atoms with E-state index >= 15 is 0 Å². The van der Waals surface area contributed by atoms with Crippen molar-refractivity contribution in [3.05, 3.63) is 68.2 Å². The third-order valence-electron chi connectivity index (χ3n) is 3.00. The molecule has 0 aliphatic heterocycles. The molecule has 0 unspecified atom stereocenters. The lowest BCUT2D eigenvalue weighted by molar-refractivity contribution is -0.384. The molecule has 2 rings (SSSR count). The van der Waals surface area contributed by atoms with Crippen LogP contribution in [-0.2, 0) is 9.53 Å². The van der Waals surface area contributed by atoms with Crippen LogP contribution >= 0.6 is 23.2 Å². The second-order valence-corrected chi connectivity index (χ2v) is 5.59. The van der Waals surface area contributed by atoms with Crippen LogP contribution in [0, 0.1) is 10.1 Å². The highest BCUT2D eigenvalue weighted by Gasteiger charge is 2.13. The molecule has 0 fully saturated rings. The molecule has 7 nitrogen and oxygen atoms in total. The van der Waals surface area contributed by atoms with Crippen molar-refractivity contribution in [2.45, 2.75) is 0 Å². The van der Waals surface area contributed by atoms with E-state index in [4.69, 9.17) is 32.7 Å². The van der Waals surface area contributed by atoms with Crippen LogP contribution in [0.15, 0.2) is 42.5 Å². The number of halogens is 2. The second-order valence-electron chi connectivity index (χ2n) is 4.75. The number of nitro benzene ring substituents is 1. The zero-order valence-corrected chi connectivity index (χ0v) is 14.1. The molecular formula is C16H11Cl2NO6. The number of carbonyl (C=O) groups is 2. The molecule has 0 saturated heterocycles. The van der Waals surface area contributed by atoms with Crippen molar-refractivity contribution in [1.82, 2.24) is 0 Å². The van der Waals surface area contributed by atoms with E-state index in [0.717, 1.165) is 0 Å². The smallest absolute Gasteiger partial charge is 0.344 e. The van der Waals surface area contributed by atoms with Crippen molar-refractivity contribution >= 4 is 40.6 Å². The summed E-state index contributed by atoms with van der Waals surface area (Å²) in [5.41, 5.74) is 0.0573. The van der Waals surface area contributed by atoms with E-state index < -0.39 is 29.9 Å². The quantitative estimate of drug-likeness (QED) is 0.313. The molecular weight excluding hydrogens is 373 g/mol. The van der Waals surface area contributed by atoms with Crippen LogP contribution in [0.3, 0.4) is 0 Å². The number of ketones is 1. The van der Waals surface area contributed by atoms with Gasteiger partial charge < -0.3 is 9.47 Å². The first-order valence-corrected chi connectivity index (χ1v) is 7.63. The lowest BCUT2D eigenvalue weighted by Crippen LogP contribution is -2.19. The zero-order valence-electron chi connectivity index (χ0n) is 12.6. The van der Waals surface area contributed by atoms with Gasteiger partial charge in [-0.2, -0.15) is 0 Å². The van der Waals surface area contributed by atoms with E-state index in [1.165, 1.54) is 36.4 Å². The van der Waals surface area contributed by atoms with E-state index in [1.54, 1.807) is 6.07 Å². The number of Topliss-reactive ketones (excluding diaryl/α,β-unsaturated/α-hetero) is 1. The molecule has 130 valence electrons. The number of rotatable bonds is 7. The maximum Gasteiger partial charge on any atom is 0.344 e. The molecule has 0 amide bonds. The minimum Gasteiger partial charge on any atom is -0.480 e. The Hall–Kier alpha value is -2.64. The molecule has 0 saturated carbocycles. The summed E-state index contributed by atoms with van der Waals surface area (Å²) in [5.74, 6) is -1.00. The van der Waals surface area contributed by atoms with Crippen LogP contribution in [0.5, 0.6) is 5.75 Å². The molecule has 0 spiro atoms. The maximum atomic E-state index is 11.9. The molecule has 2 aromatic rings. The molecule has 0 atom stereocenters. The van der Waals surface area contributed by atoms with Gasteiger partial charge in [0.1, 0.15) is 5.75 Å². The summed E-state index contributed by atoms with van der Waals surface area (Å²) >= 11 is 11.6. The normalized spacial score (nSPS) is 10.2. The number of hydrogen-bond donors (Lipinski definition) is 0. The van der Waals surface area contributed by atoms with E-state index in [-0.39, 0.29) is 22.0 Å². The van der Waals surface area contributed by atoms with Crippen LogP contribution in [0.2, 0.25) is 10.0 Å². The number of benzene rings is 2. The van der Waals surface area contributed by atoms with Gasteiger partial charge in [0.2, 0.25) is 0 Å². The van der Waals surface area contributed by atoms with Crippen molar-refractivity contribution in [2.24, 2.45) is 0 Å². The van der Waals surface area contributed by atoms with Gasteiger partial charge in [-0.3, -0.25) is 14.9 Å². The summed E-state index contributed by atoms with van der Waals surface area (Å²) in [6, 6.07) is 9.48. The molecule has 2 aromatic carbocycles. The minimum atomic E-state index is -0.763. The lowest BCUT2D eigenvalue weighted by atomic mass is 10.1. The number of non-ortho nitro benzene ring substituents is 1. The maximum absolute atomic E-state index is 11.9. The van der Waals surface area contributed by atoms with Crippen LogP contribution in [0.4, 0.5) is 5.69 Å². The largest absolute Gasteiger partial charge is 0.480 e. The van der Waals surface area contributed by atoms with Crippen molar-refractivity contribution < 1.29 is 24.0 Å². The van der Waals surface area contributed by atoms with E-state index in [1.807, 2.05) is 0 Å². The van der Waals surface area contributed by atoms with Crippen molar-refractivity contribution in [2.75, 3.05) is 13.2 Å². The van der Waals surface area contributed by atoms with Crippen LogP contribution < -0.4 is 4.74 Å². The highest BCUT2D eigenvalue weighted by Crippen LogP contribution is 2.27. The van der Waals surface area contributed by atoms with Gasteiger partial charge in [0, 0.05) is 22.7 Å². The molecule has 0 aromatic heterocycles. The molecule has 0 radical (unpaired) electrons. The molecule has 25 heavy (non-hydrogen) atoms. The SMILES string of the molecule is O=C(COc1ccc(Cl)cc1Cl)OCC(=O)c1ccc([N+](=O)[O-])cc1. The fourth-order valence-corrected chi connectivity index (χ4v) is 2.23. The highest BCUT2D eigenvalue weighted by atomic mass is 35.5. The van der Waals surface area contributed by atoms with Gasteiger partial charge in [-0.15, -0.1) is 0 Å². The Labute approximate surface area is 152 Å². The van der Waals surface area contributed by atoms with E-state index in [0.29, 0.717) is 5.02 Å². The third kappa shape index (κ3) is 5.44. The number of carbonyl (C=O) groups excluding carboxylic acids is 2. The monoisotopic (exact) mass is 383 g/mol. The predicted molar refractivity (Wildman–Crippen MR) is 90.3 cm³/mol.